The molecule has 7 nitrogen and oxygen atoms in total. The molecule has 2 aromatic carbocycles. The maximum atomic E-state index is 13.4. The van der Waals surface area contributed by atoms with Crippen molar-refractivity contribution in [3.05, 3.63) is 77.6 Å². The molecular formula is C25H24FN5O2. The van der Waals surface area contributed by atoms with Crippen molar-refractivity contribution in [3.63, 3.8) is 0 Å². The van der Waals surface area contributed by atoms with Crippen LogP contribution in [-0.2, 0) is 4.79 Å². The van der Waals surface area contributed by atoms with Crippen LogP contribution in [-0.4, -0.2) is 46.5 Å². The van der Waals surface area contributed by atoms with Gasteiger partial charge in [0, 0.05) is 12.7 Å². The molecule has 5 rings (SSSR count). The summed E-state index contributed by atoms with van der Waals surface area (Å²) in [5.74, 6) is 0.847. The number of piperidine rings is 1. The molecule has 3 aromatic rings. The predicted molar refractivity (Wildman–Crippen MR) is 125 cm³/mol. The predicted octanol–water partition coefficient (Wildman–Crippen LogP) is 4.17. The van der Waals surface area contributed by atoms with Gasteiger partial charge in [-0.2, -0.15) is 4.99 Å². The van der Waals surface area contributed by atoms with E-state index in [1.165, 1.54) is 12.1 Å². The number of halogens is 1. The lowest BCUT2D eigenvalue weighted by molar-refractivity contribution is -0.117. The van der Waals surface area contributed by atoms with E-state index in [-0.39, 0.29) is 18.3 Å². The third kappa shape index (κ3) is 4.11. The Morgan fingerprint density at radius 1 is 1.12 bits per heavy atom. The molecule has 1 saturated heterocycles. The second-order valence-corrected chi connectivity index (χ2v) is 8.11. The van der Waals surface area contributed by atoms with Crippen LogP contribution < -0.4 is 9.75 Å². The Labute approximate surface area is 191 Å². The quantitative estimate of drug-likeness (QED) is 0.603. The third-order valence-corrected chi connectivity index (χ3v) is 5.81. The van der Waals surface area contributed by atoms with Gasteiger partial charge in [-0.3, -0.25) is 14.8 Å². The highest BCUT2D eigenvalue weighted by molar-refractivity contribution is 6.11. The second-order valence-electron chi connectivity index (χ2n) is 8.11. The van der Waals surface area contributed by atoms with Gasteiger partial charge < -0.3 is 9.30 Å². The Hall–Kier alpha value is -3.94. The van der Waals surface area contributed by atoms with Gasteiger partial charge in [-0.05, 0) is 73.4 Å². The van der Waals surface area contributed by atoms with E-state index in [4.69, 9.17) is 4.74 Å². The minimum absolute atomic E-state index is 0.134. The number of aryl methyl sites for hydroxylation is 1. The normalized spacial score (nSPS) is 17.2. The summed E-state index contributed by atoms with van der Waals surface area (Å²) in [5.41, 5.74) is 4.53. The van der Waals surface area contributed by atoms with Gasteiger partial charge in [0.1, 0.15) is 18.1 Å². The van der Waals surface area contributed by atoms with E-state index in [2.05, 4.69) is 16.1 Å². The van der Waals surface area contributed by atoms with E-state index < -0.39 is 0 Å². The van der Waals surface area contributed by atoms with Crippen molar-refractivity contribution in [2.24, 2.45) is 4.99 Å². The van der Waals surface area contributed by atoms with Gasteiger partial charge in [0.15, 0.2) is 5.84 Å². The van der Waals surface area contributed by atoms with E-state index in [1.807, 2.05) is 45.9 Å². The number of methoxy groups -OCH3 is 1. The number of fused-ring (bicyclic) bond motifs is 1. The number of carbonyl (C=O) groups is 1. The highest BCUT2D eigenvalue weighted by Crippen LogP contribution is 2.30. The molecule has 8 heteroatoms. The Balaban J connectivity index is 1.48. The number of nitrogens with zero attached hydrogens (tertiary/aromatic N) is 5. The standard InChI is InChI=1S/C25H24FN5O2/c1-17-14-29(16-27-17)22-10-5-18(13-23(22)33-2)12-19-4-3-11-30-25(19)28-24(32)15-31(30)21-8-6-20(26)7-9-21/h5-10,12-14,16H,3-4,11,15H2,1-2H3. The van der Waals surface area contributed by atoms with Crippen LogP contribution in [0.25, 0.3) is 11.8 Å². The highest BCUT2D eigenvalue weighted by Gasteiger charge is 2.32. The molecule has 1 aromatic heterocycles. The average molecular weight is 445 g/mol. The second kappa shape index (κ2) is 8.54. The summed E-state index contributed by atoms with van der Waals surface area (Å²) in [7, 11) is 1.65. The lowest BCUT2D eigenvalue weighted by atomic mass is 10.00. The van der Waals surface area contributed by atoms with Crippen LogP contribution in [0, 0.1) is 12.7 Å². The molecule has 1 amide bonds. The Morgan fingerprint density at radius 3 is 2.67 bits per heavy atom. The minimum atomic E-state index is -0.307. The summed E-state index contributed by atoms with van der Waals surface area (Å²) in [6.07, 6.45) is 7.49. The van der Waals surface area contributed by atoms with Crippen molar-refractivity contribution in [1.29, 1.82) is 0 Å². The topological polar surface area (TPSA) is 63.0 Å². The van der Waals surface area contributed by atoms with Crippen LogP contribution >= 0.6 is 0 Å². The van der Waals surface area contributed by atoms with Gasteiger partial charge in [-0.1, -0.05) is 6.07 Å². The van der Waals surface area contributed by atoms with E-state index in [0.29, 0.717) is 5.84 Å². The lowest BCUT2D eigenvalue weighted by Gasteiger charge is -2.43. The number of anilines is 1. The summed E-state index contributed by atoms with van der Waals surface area (Å²) in [6, 6.07) is 12.2. The number of aromatic nitrogens is 2. The molecule has 3 heterocycles. The van der Waals surface area contributed by atoms with Crippen LogP contribution in [0.1, 0.15) is 24.1 Å². The fourth-order valence-electron chi connectivity index (χ4n) is 4.27. The van der Waals surface area contributed by atoms with Crippen LogP contribution in [0.3, 0.4) is 0 Å². The molecule has 0 atom stereocenters. The molecule has 0 N–H and O–H groups in total. The van der Waals surface area contributed by atoms with Crippen molar-refractivity contribution in [2.45, 2.75) is 19.8 Å². The zero-order valence-corrected chi connectivity index (χ0v) is 18.5. The number of aliphatic imine (C=N–C) groups is 1. The largest absolute Gasteiger partial charge is 0.495 e. The van der Waals surface area contributed by atoms with E-state index >= 15 is 0 Å². The zero-order chi connectivity index (χ0) is 22.9. The maximum absolute atomic E-state index is 13.4. The van der Waals surface area contributed by atoms with Gasteiger partial charge in [0.2, 0.25) is 0 Å². The fraction of sp³-hybridized carbons (Fsp3) is 0.240. The number of carbonyl (C=O) groups excluding carboxylic acids is 1. The first-order valence-corrected chi connectivity index (χ1v) is 10.8. The highest BCUT2D eigenvalue weighted by atomic mass is 19.1. The fourth-order valence-corrected chi connectivity index (χ4v) is 4.27. The molecular weight excluding hydrogens is 421 g/mol. The molecule has 0 spiro atoms. The number of benzene rings is 2. The summed E-state index contributed by atoms with van der Waals surface area (Å²) >= 11 is 0. The zero-order valence-electron chi connectivity index (χ0n) is 18.5. The van der Waals surface area contributed by atoms with E-state index in [0.717, 1.165) is 53.3 Å². The smallest absolute Gasteiger partial charge is 0.269 e. The number of hydrazine groups is 1. The summed E-state index contributed by atoms with van der Waals surface area (Å²) in [4.78, 5) is 21.1. The Bertz CT molecular complexity index is 1260. The number of rotatable bonds is 4. The molecule has 0 radical (unpaired) electrons. The Morgan fingerprint density at radius 2 is 1.94 bits per heavy atom. The van der Waals surface area contributed by atoms with Crippen LogP contribution in [0.4, 0.5) is 10.1 Å². The first-order chi connectivity index (χ1) is 16.0. The molecule has 1 fully saturated rings. The first-order valence-electron chi connectivity index (χ1n) is 10.8. The maximum Gasteiger partial charge on any atom is 0.269 e. The van der Waals surface area contributed by atoms with E-state index in [9.17, 15) is 9.18 Å². The lowest BCUT2D eigenvalue weighted by Crippen LogP contribution is -2.55. The molecule has 168 valence electrons. The molecule has 2 aliphatic heterocycles. The summed E-state index contributed by atoms with van der Waals surface area (Å²) < 4.78 is 21.0. The number of amidine groups is 1. The van der Waals surface area contributed by atoms with Crippen molar-refractivity contribution >= 4 is 23.5 Å². The van der Waals surface area contributed by atoms with E-state index in [1.54, 1.807) is 25.6 Å². The monoisotopic (exact) mass is 445 g/mol. The van der Waals surface area contributed by atoms with Crippen LogP contribution in [0.15, 0.2) is 65.6 Å². The van der Waals surface area contributed by atoms with Gasteiger partial charge in [0.25, 0.3) is 5.91 Å². The van der Waals surface area contributed by atoms with Gasteiger partial charge in [0.05, 0.1) is 30.5 Å². The summed E-state index contributed by atoms with van der Waals surface area (Å²) in [5, 5.41) is 3.89. The molecule has 0 aliphatic carbocycles. The van der Waals surface area contributed by atoms with Crippen LogP contribution in [0.2, 0.25) is 0 Å². The van der Waals surface area contributed by atoms with Crippen LogP contribution in [0.5, 0.6) is 5.75 Å². The minimum Gasteiger partial charge on any atom is -0.495 e. The van der Waals surface area contributed by atoms with Crippen molar-refractivity contribution in [3.8, 4) is 11.4 Å². The first kappa shape index (κ1) is 20.9. The van der Waals surface area contributed by atoms with Crippen molar-refractivity contribution < 1.29 is 13.9 Å². The number of imidazole rings is 1. The van der Waals surface area contributed by atoms with Gasteiger partial charge in [-0.25, -0.2) is 9.37 Å². The SMILES string of the molecule is COc1cc(C=C2CCCN3C2=NC(=O)CN3c2ccc(F)cc2)ccc1-n1cnc(C)c1. The van der Waals surface area contributed by atoms with Gasteiger partial charge >= 0.3 is 0 Å². The molecule has 33 heavy (non-hydrogen) atoms. The Kier molecular flexibility index (Phi) is 5.42. The molecule has 0 unspecified atom stereocenters. The number of ether oxygens (including phenoxy) is 1. The average Bonchev–Trinajstić information content (AvgIpc) is 3.25. The third-order valence-electron chi connectivity index (χ3n) is 5.81. The number of hydrogen-bond acceptors (Lipinski definition) is 5. The summed E-state index contributed by atoms with van der Waals surface area (Å²) in [6.45, 7) is 2.82. The van der Waals surface area contributed by atoms with Gasteiger partial charge in [-0.15, -0.1) is 0 Å². The molecule has 0 bridgehead atoms. The number of amides is 1. The molecule has 2 aliphatic rings. The van der Waals surface area contributed by atoms with Crippen molar-refractivity contribution in [1.82, 2.24) is 14.6 Å². The number of hydrogen-bond donors (Lipinski definition) is 0. The molecule has 0 saturated carbocycles. The van der Waals surface area contributed by atoms with Crippen molar-refractivity contribution in [2.75, 3.05) is 25.2 Å².